The highest BCUT2D eigenvalue weighted by Gasteiger charge is 1.88. The van der Waals surface area contributed by atoms with Gasteiger partial charge < -0.3 is 10.2 Å². The average Bonchev–Trinajstić information content (AvgIpc) is 1.87. The van der Waals surface area contributed by atoms with Gasteiger partial charge in [0.05, 0.1) is 0 Å². The van der Waals surface area contributed by atoms with Gasteiger partial charge in [0.25, 0.3) is 0 Å². The molecule has 0 saturated carbocycles. The van der Waals surface area contributed by atoms with E-state index in [1.54, 1.807) is 0 Å². The summed E-state index contributed by atoms with van der Waals surface area (Å²) in [5.74, 6) is -0.0261. The van der Waals surface area contributed by atoms with Crippen LogP contribution < -0.4 is 0 Å². The monoisotopic (exact) mass is 128 g/mol. The molecule has 2 nitrogen and oxygen atoms in total. The van der Waals surface area contributed by atoms with Crippen molar-refractivity contribution in [3.63, 3.8) is 0 Å². The Balaban J connectivity index is 3.79. The van der Waals surface area contributed by atoms with Crippen LogP contribution in [0.15, 0.2) is 24.0 Å². The fourth-order valence-corrected chi connectivity index (χ4v) is 0.383. The molecule has 2 N–H and O–H groups in total. The summed E-state index contributed by atoms with van der Waals surface area (Å²) in [6.45, 7) is 5.24. The zero-order valence-electron chi connectivity index (χ0n) is 5.59. The molecule has 0 aliphatic carbocycles. The van der Waals surface area contributed by atoms with Gasteiger partial charge >= 0.3 is 0 Å². The van der Waals surface area contributed by atoms with Crippen LogP contribution in [0.1, 0.15) is 13.3 Å². The number of hydrogen-bond acceptors (Lipinski definition) is 2. The third-order valence-electron chi connectivity index (χ3n) is 0.987. The molecule has 0 aliphatic rings. The molecule has 9 heavy (non-hydrogen) atoms. The molecule has 52 valence electrons. The number of aliphatic hydroxyl groups excluding tert-OH is 2. The second-order valence-corrected chi connectivity index (χ2v) is 1.81. The molecule has 0 fully saturated rings. The maximum Gasteiger partial charge on any atom is 0.118 e. The van der Waals surface area contributed by atoms with E-state index < -0.39 is 0 Å². The number of aliphatic hydroxyl groups is 2. The van der Waals surface area contributed by atoms with Crippen LogP contribution in [0.4, 0.5) is 0 Å². The largest absolute Gasteiger partial charge is 0.510 e. The predicted octanol–water partition coefficient (Wildman–Crippen LogP) is 1.39. The zero-order chi connectivity index (χ0) is 7.28. The smallest absolute Gasteiger partial charge is 0.118 e. The minimum absolute atomic E-state index is 0.0261. The van der Waals surface area contributed by atoms with Crippen LogP contribution in [-0.4, -0.2) is 16.8 Å². The number of hydrogen-bond donors (Lipinski definition) is 2. The van der Waals surface area contributed by atoms with Gasteiger partial charge in [-0.15, -0.1) is 0 Å². The first-order chi connectivity index (χ1) is 4.20. The predicted molar refractivity (Wildman–Crippen MR) is 37.2 cm³/mol. The molecule has 0 radical (unpaired) electrons. The minimum Gasteiger partial charge on any atom is -0.510 e. The summed E-state index contributed by atoms with van der Waals surface area (Å²) in [5, 5.41) is 17.0. The molecule has 0 unspecified atom stereocenters. The van der Waals surface area contributed by atoms with Crippen molar-refractivity contribution in [3.8, 4) is 0 Å². The van der Waals surface area contributed by atoms with E-state index in [9.17, 15) is 0 Å². The van der Waals surface area contributed by atoms with Gasteiger partial charge in [0.15, 0.2) is 0 Å². The summed E-state index contributed by atoms with van der Waals surface area (Å²) in [6.07, 6.45) is 2.27. The van der Waals surface area contributed by atoms with Gasteiger partial charge in [-0.05, 0) is 12.5 Å². The summed E-state index contributed by atoms with van der Waals surface area (Å²) < 4.78 is 0. The SMILES string of the molecule is C=C(/C=C(/O)CO)CC. The molecule has 0 aromatic heterocycles. The van der Waals surface area contributed by atoms with E-state index in [0.717, 1.165) is 12.0 Å². The lowest BCUT2D eigenvalue weighted by Gasteiger charge is -1.94. The van der Waals surface area contributed by atoms with Gasteiger partial charge in [0.2, 0.25) is 0 Å². The third kappa shape index (κ3) is 3.79. The molecular weight excluding hydrogens is 116 g/mol. The highest BCUT2D eigenvalue weighted by atomic mass is 16.3. The van der Waals surface area contributed by atoms with E-state index in [2.05, 4.69) is 6.58 Å². The Morgan fingerprint density at radius 3 is 2.56 bits per heavy atom. The fourth-order valence-electron chi connectivity index (χ4n) is 0.383. The van der Waals surface area contributed by atoms with Crippen molar-refractivity contribution in [3.05, 3.63) is 24.0 Å². The topological polar surface area (TPSA) is 40.5 Å². The Morgan fingerprint density at radius 2 is 2.22 bits per heavy atom. The lowest BCUT2D eigenvalue weighted by Crippen LogP contribution is -1.87. The Bertz CT molecular complexity index is 125. The van der Waals surface area contributed by atoms with E-state index in [0.29, 0.717) is 0 Å². The van der Waals surface area contributed by atoms with Gasteiger partial charge in [-0.25, -0.2) is 0 Å². The molecule has 0 spiro atoms. The summed E-state index contributed by atoms with van der Waals surface area (Å²) in [5.41, 5.74) is 0.821. The lowest BCUT2D eigenvalue weighted by molar-refractivity contribution is 0.253. The van der Waals surface area contributed by atoms with Crippen molar-refractivity contribution in [2.45, 2.75) is 13.3 Å². The molecule has 0 aromatic rings. The van der Waals surface area contributed by atoms with Crippen molar-refractivity contribution >= 4 is 0 Å². The van der Waals surface area contributed by atoms with Crippen LogP contribution in [0.5, 0.6) is 0 Å². The third-order valence-corrected chi connectivity index (χ3v) is 0.987. The van der Waals surface area contributed by atoms with Crippen molar-refractivity contribution in [1.29, 1.82) is 0 Å². The molecule has 0 bridgehead atoms. The van der Waals surface area contributed by atoms with Gasteiger partial charge in [-0.1, -0.05) is 19.1 Å². The van der Waals surface area contributed by atoms with Crippen molar-refractivity contribution < 1.29 is 10.2 Å². The highest BCUT2D eigenvalue weighted by molar-refractivity contribution is 5.16. The first kappa shape index (κ1) is 8.24. The normalized spacial score (nSPS) is 11.6. The molecule has 0 saturated heterocycles. The minimum atomic E-state index is -0.307. The Kier molecular flexibility index (Phi) is 3.80. The van der Waals surface area contributed by atoms with Crippen LogP contribution in [0, 0.1) is 0 Å². The number of rotatable bonds is 3. The molecule has 0 atom stereocenters. The maximum atomic E-state index is 8.71. The molecule has 0 rings (SSSR count). The summed E-state index contributed by atoms with van der Waals surface area (Å²) in [7, 11) is 0. The molecular formula is C7H12O2. The zero-order valence-corrected chi connectivity index (χ0v) is 5.59. The van der Waals surface area contributed by atoms with E-state index >= 15 is 0 Å². The van der Waals surface area contributed by atoms with Crippen molar-refractivity contribution in [2.24, 2.45) is 0 Å². The molecule has 0 amide bonds. The fraction of sp³-hybridized carbons (Fsp3) is 0.429. The van der Waals surface area contributed by atoms with Crippen LogP contribution in [0.25, 0.3) is 0 Å². The standard InChI is InChI=1S/C7H12O2/c1-3-6(2)4-7(9)5-8/h4,8-9H,2-3,5H2,1H3/b7-4+. The van der Waals surface area contributed by atoms with Crippen LogP contribution in [0.3, 0.4) is 0 Å². The summed E-state index contributed by atoms with van der Waals surface area (Å²) >= 11 is 0. The first-order valence-electron chi connectivity index (χ1n) is 2.88. The summed E-state index contributed by atoms with van der Waals surface area (Å²) in [4.78, 5) is 0. The van der Waals surface area contributed by atoms with Gasteiger partial charge in [-0.3, -0.25) is 0 Å². The highest BCUT2D eigenvalue weighted by Crippen LogP contribution is 2.00. The Labute approximate surface area is 55.1 Å². The number of allylic oxidation sites excluding steroid dienone is 2. The van der Waals surface area contributed by atoms with E-state index in [4.69, 9.17) is 10.2 Å². The Morgan fingerprint density at radius 1 is 1.67 bits per heavy atom. The maximum absolute atomic E-state index is 8.71. The average molecular weight is 128 g/mol. The van der Waals surface area contributed by atoms with Gasteiger partial charge in [-0.2, -0.15) is 0 Å². The molecule has 0 aliphatic heterocycles. The van der Waals surface area contributed by atoms with E-state index in [1.807, 2.05) is 6.92 Å². The molecule has 2 heteroatoms. The van der Waals surface area contributed by atoms with Crippen molar-refractivity contribution in [1.82, 2.24) is 0 Å². The first-order valence-corrected chi connectivity index (χ1v) is 2.88. The summed E-state index contributed by atoms with van der Waals surface area (Å²) in [6, 6.07) is 0. The van der Waals surface area contributed by atoms with Gasteiger partial charge in [0, 0.05) is 0 Å². The Hall–Kier alpha value is -0.760. The lowest BCUT2D eigenvalue weighted by atomic mass is 10.2. The second-order valence-electron chi connectivity index (χ2n) is 1.81. The van der Waals surface area contributed by atoms with E-state index in [-0.39, 0.29) is 12.4 Å². The van der Waals surface area contributed by atoms with E-state index in [1.165, 1.54) is 6.08 Å². The van der Waals surface area contributed by atoms with Gasteiger partial charge in [0.1, 0.15) is 12.4 Å². The van der Waals surface area contributed by atoms with Crippen LogP contribution in [-0.2, 0) is 0 Å². The van der Waals surface area contributed by atoms with Crippen LogP contribution in [0.2, 0.25) is 0 Å². The van der Waals surface area contributed by atoms with Crippen molar-refractivity contribution in [2.75, 3.05) is 6.61 Å². The molecule has 0 aromatic carbocycles. The second kappa shape index (κ2) is 4.15. The quantitative estimate of drug-likeness (QED) is 0.445. The molecule has 0 heterocycles. The van der Waals surface area contributed by atoms with Crippen LogP contribution >= 0.6 is 0 Å².